The second kappa shape index (κ2) is 7.67. The number of halogens is 1. The highest BCUT2D eigenvalue weighted by molar-refractivity contribution is 6.30. The minimum Gasteiger partial charge on any atom is -0.295 e. The zero-order valence-electron chi connectivity index (χ0n) is 10.7. The molecule has 0 radical (unpaired) electrons. The van der Waals surface area contributed by atoms with Gasteiger partial charge in [0.05, 0.1) is 0 Å². The van der Waals surface area contributed by atoms with Gasteiger partial charge in [0.25, 0.3) is 0 Å². The van der Waals surface area contributed by atoms with E-state index in [9.17, 15) is 4.79 Å². The molecule has 0 heterocycles. The van der Waals surface area contributed by atoms with Crippen LogP contribution in [0.15, 0.2) is 54.6 Å². The smallest absolute Gasteiger partial charge is 0.159 e. The van der Waals surface area contributed by atoms with Crippen molar-refractivity contribution in [1.82, 2.24) is 0 Å². The van der Waals surface area contributed by atoms with Crippen molar-refractivity contribution in [2.24, 2.45) is 0 Å². The Labute approximate surface area is 113 Å². The van der Waals surface area contributed by atoms with Crippen LogP contribution in [0.25, 0.3) is 0 Å². The van der Waals surface area contributed by atoms with E-state index in [1.807, 2.05) is 6.07 Å². The lowest BCUT2D eigenvalue weighted by Crippen LogP contribution is -1.89. The lowest BCUT2D eigenvalue weighted by molar-refractivity contribution is 0.101. The first-order chi connectivity index (χ1) is 8.63. The monoisotopic (exact) mass is 260 g/mol. The quantitative estimate of drug-likeness (QED) is 0.710. The third-order valence-electron chi connectivity index (χ3n) is 2.50. The number of carbonyl (C=O) groups excluding carboxylic acids is 1. The van der Waals surface area contributed by atoms with Gasteiger partial charge in [0.15, 0.2) is 5.78 Å². The first-order valence-electron chi connectivity index (χ1n) is 5.94. The Bertz CT molecular complexity index is 474. The number of Topliss-reactive ketones (excluding diaryl/α,β-unsaturated/α-hetero) is 1. The van der Waals surface area contributed by atoms with Crippen molar-refractivity contribution < 1.29 is 4.79 Å². The van der Waals surface area contributed by atoms with Gasteiger partial charge in [-0.25, -0.2) is 0 Å². The molecule has 1 nitrogen and oxygen atoms in total. The van der Waals surface area contributed by atoms with Crippen molar-refractivity contribution in [3.8, 4) is 0 Å². The van der Waals surface area contributed by atoms with Crippen LogP contribution in [0.4, 0.5) is 0 Å². The highest BCUT2D eigenvalue weighted by Gasteiger charge is 1.95. The predicted octanol–water partition coefficient (Wildman–Crippen LogP) is 4.79. The van der Waals surface area contributed by atoms with Crippen molar-refractivity contribution >= 4 is 17.4 Å². The normalized spacial score (nSPS) is 9.28. The van der Waals surface area contributed by atoms with E-state index in [1.165, 1.54) is 12.5 Å². The SMILES string of the molecule is CC(=O)c1ccc(Cl)cc1.CCc1ccccc1. The Kier molecular flexibility index (Phi) is 6.16. The van der Waals surface area contributed by atoms with Gasteiger partial charge in [-0.05, 0) is 43.2 Å². The number of hydrogen-bond donors (Lipinski definition) is 0. The number of rotatable bonds is 2. The first kappa shape index (κ1) is 14.5. The molecule has 2 aromatic rings. The summed E-state index contributed by atoms with van der Waals surface area (Å²) in [5, 5.41) is 0.657. The molecule has 0 aliphatic rings. The molecular formula is C16H17ClO. The Balaban J connectivity index is 0.000000184. The molecule has 2 aromatic carbocycles. The van der Waals surface area contributed by atoms with Crippen LogP contribution in [0.2, 0.25) is 5.02 Å². The van der Waals surface area contributed by atoms with Crippen LogP contribution in [0.3, 0.4) is 0 Å². The average Bonchev–Trinajstić information content (AvgIpc) is 2.41. The summed E-state index contributed by atoms with van der Waals surface area (Å²) in [5.74, 6) is 0.0664. The van der Waals surface area contributed by atoms with Crippen LogP contribution < -0.4 is 0 Å². The Morgan fingerprint density at radius 1 is 1.00 bits per heavy atom. The molecule has 0 aromatic heterocycles. The molecule has 18 heavy (non-hydrogen) atoms. The summed E-state index contributed by atoms with van der Waals surface area (Å²) >= 11 is 5.61. The van der Waals surface area contributed by atoms with Gasteiger partial charge >= 0.3 is 0 Å². The predicted molar refractivity (Wildman–Crippen MR) is 77.3 cm³/mol. The Hall–Kier alpha value is -1.60. The van der Waals surface area contributed by atoms with Crippen molar-refractivity contribution in [3.63, 3.8) is 0 Å². The summed E-state index contributed by atoms with van der Waals surface area (Å²) in [6.07, 6.45) is 1.14. The fourth-order valence-corrected chi connectivity index (χ4v) is 1.52. The topological polar surface area (TPSA) is 17.1 Å². The van der Waals surface area contributed by atoms with E-state index in [4.69, 9.17) is 11.6 Å². The van der Waals surface area contributed by atoms with Crippen molar-refractivity contribution in [2.75, 3.05) is 0 Å². The maximum absolute atomic E-state index is 10.7. The second-order valence-corrected chi connectivity index (χ2v) is 4.34. The number of benzene rings is 2. The molecule has 0 aliphatic carbocycles. The fraction of sp³-hybridized carbons (Fsp3) is 0.188. The van der Waals surface area contributed by atoms with Crippen LogP contribution in [-0.4, -0.2) is 5.78 Å². The fourth-order valence-electron chi connectivity index (χ4n) is 1.40. The molecule has 0 fully saturated rings. The molecule has 94 valence electrons. The number of aryl methyl sites for hydroxylation is 1. The first-order valence-corrected chi connectivity index (χ1v) is 6.31. The summed E-state index contributed by atoms with van der Waals surface area (Å²) in [6, 6.07) is 17.3. The highest BCUT2D eigenvalue weighted by atomic mass is 35.5. The molecule has 0 atom stereocenters. The maximum atomic E-state index is 10.7. The van der Waals surface area contributed by atoms with Crippen LogP contribution in [0, 0.1) is 0 Å². The van der Waals surface area contributed by atoms with Gasteiger partial charge in [-0.3, -0.25) is 4.79 Å². The number of carbonyl (C=O) groups is 1. The van der Waals surface area contributed by atoms with E-state index in [1.54, 1.807) is 24.3 Å². The largest absolute Gasteiger partial charge is 0.295 e. The minimum atomic E-state index is 0.0664. The van der Waals surface area contributed by atoms with Crippen LogP contribution in [0.1, 0.15) is 29.8 Å². The van der Waals surface area contributed by atoms with Gasteiger partial charge in [-0.2, -0.15) is 0 Å². The Morgan fingerprint density at radius 3 is 1.94 bits per heavy atom. The third-order valence-corrected chi connectivity index (χ3v) is 2.75. The molecule has 2 rings (SSSR count). The average molecular weight is 261 g/mol. The van der Waals surface area contributed by atoms with E-state index in [0.29, 0.717) is 10.6 Å². The lowest BCUT2D eigenvalue weighted by Gasteiger charge is -1.92. The standard InChI is InChI=1S/C8H7ClO.C8H10/c1-6(10)7-2-4-8(9)5-3-7;1-2-8-6-4-3-5-7-8/h2-5H,1H3;3-7H,2H2,1H3. The molecule has 2 heteroatoms. The van der Waals surface area contributed by atoms with E-state index < -0.39 is 0 Å². The van der Waals surface area contributed by atoms with E-state index in [0.717, 1.165) is 6.42 Å². The van der Waals surface area contributed by atoms with Gasteiger partial charge in [0.1, 0.15) is 0 Å². The van der Waals surface area contributed by atoms with E-state index in [2.05, 4.69) is 31.2 Å². The third kappa shape index (κ3) is 5.15. The molecule has 0 saturated heterocycles. The zero-order valence-corrected chi connectivity index (χ0v) is 11.4. The second-order valence-electron chi connectivity index (χ2n) is 3.90. The van der Waals surface area contributed by atoms with Gasteiger partial charge < -0.3 is 0 Å². The van der Waals surface area contributed by atoms with Gasteiger partial charge in [0.2, 0.25) is 0 Å². The van der Waals surface area contributed by atoms with Gasteiger partial charge in [-0.1, -0.05) is 48.9 Å². The molecule has 0 saturated carbocycles. The highest BCUT2D eigenvalue weighted by Crippen LogP contribution is 2.09. The molecule has 0 unspecified atom stereocenters. The van der Waals surface area contributed by atoms with Crippen LogP contribution in [-0.2, 0) is 6.42 Å². The van der Waals surface area contributed by atoms with Crippen molar-refractivity contribution in [1.29, 1.82) is 0 Å². The van der Waals surface area contributed by atoms with E-state index >= 15 is 0 Å². The lowest BCUT2D eigenvalue weighted by atomic mass is 10.2. The van der Waals surface area contributed by atoms with Gasteiger partial charge in [-0.15, -0.1) is 0 Å². The molecule has 0 amide bonds. The summed E-state index contributed by atoms with van der Waals surface area (Å²) < 4.78 is 0. The number of hydrogen-bond acceptors (Lipinski definition) is 1. The molecule has 0 bridgehead atoms. The van der Waals surface area contributed by atoms with Crippen molar-refractivity contribution in [2.45, 2.75) is 20.3 Å². The molecule has 0 aliphatic heterocycles. The molecular weight excluding hydrogens is 244 g/mol. The van der Waals surface area contributed by atoms with E-state index in [-0.39, 0.29) is 5.78 Å². The number of ketones is 1. The zero-order chi connectivity index (χ0) is 13.4. The maximum Gasteiger partial charge on any atom is 0.159 e. The minimum absolute atomic E-state index is 0.0664. The van der Waals surface area contributed by atoms with Gasteiger partial charge in [0, 0.05) is 10.6 Å². The summed E-state index contributed by atoms with van der Waals surface area (Å²) in [7, 11) is 0. The summed E-state index contributed by atoms with van der Waals surface area (Å²) in [4.78, 5) is 10.7. The van der Waals surface area contributed by atoms with Crippen LogP contribution in [0.5, 0.6) is 0 Å². The van der Waals surface area contributed by atoms with Crippen molar-refractivity contribution in [3.05, 3.63) is 70.7 Å². The summed E-state index contributed by atoms with van der Waals surface area (Å²) in [5.41, 5.74) is 2.11. The summed E-state index contributed by atoms with van der Waals surface area (Å²) in [6.45, 7) is 3.69. The Morgan fingerprint density at radius 2 is 1.56 bits per heavy atom. The molecule has 0 N–H and O–H groups in total. The van der Waals surface area contributed by atoms with Crippen LogP contribution >= 0.6 is 11.6 Å². The molecule has 0 spiro atoms.